The van der Waals surface area contributed by atoms with Crippen LogP contribution >= 0.6 is 0 Å². The maximum absolute atomic E-state index is 13.9. The number of hydrogen-bond acceptors (Lipinski definition) is 9. The standard InChI is InChI=1S/C29H51N5O5S/c1-5-8-10-12-14-16-21-34(22-17-15-13-11-9-6-2)40(36,37)26-19-18-25(28-29(26)32-39-31-28)30-20-23-33(7-3)24-27(35)38-4/h18-19,30H,5-17,20-24H2,1-4H3. The Morgan fingerprint density at radius 1 is 0.850 bits per heavy atom. The van der Waals surface area contributed by atoms with Gasteiger partial charge >= 0.3 is 5.97 Å². The summed E-state index contributed by atoms with van der Waals surface area (Å²) in [7, 11) is -2.40. The topological polar surface area (TPSA) is 118 Å². The van der Waals surface area contributed by atoms with Gasteiger partial charge in [0.05, 0.1) is 19.3 Å². The number of unbranched alkanes of at least 4 members (excludes halogenated alkanes) is 10. The quantitative estimate of drug-likeness (QED) is 0.127. The zero-order chi connectivity index (χ0) is 29.2. The monoisotopic (exact) mass is 581 g/mol. The minimum atomic E-state index is -3.78. The van der Waals surface area contributed by atoms with Crippen LogP contribution in [0.3, 0.4) is 0 Å². The molecule has 10 nitrogen and oxygen atoms in total. The lowest BCUT2D eigenvalue weighted by Gasteiger charge is -2.23. The molecule has 228 valence electrons. The number of carbonyl (C=O) groups is 1. The van der Waals surface area contributed by atoms with E-state index in [2.05, 4.69) is 29.5 Å². The van der Waals surface area contributed by atoms with Crippen molar-refractivity contribution in [2.75, 3.05) is 51.7 Å². The maximum Gasteiger partial charge on any atom is 0.319 e. The number of aromatic nitrogens is 2. The third-order valence-electron chi connectivity index (χ3n) is 7.29. The van der Waals surface area contributed by atoms with Gasteiger partial charge in [-0.1, -0.05) is 85.0 Å². The molecule has 0 bridgehead atoms. The van der Waals surface area contributed by atoms with E-state index in [9.17, 15) is 13.2 Å². The molecule has 2 rings (SSSR count). The number of ether oxygens (including phenoxy) is 1. The number of carbonyl (C=O) groups excluding carboxylic acids is 1. The largest absolute Gasteiger partial charge is 0.468 e. The number of hydrogen-bond donors (Lipinski definition) is 1. The molecule has 0 aliphatic heterocycles. The second kappa shape index (κ2) is 19.0. The molecular weight excluding hydrogens is 530 g/mol. The van der Waals surface area contributed by atoms with Crippen LogP contribution in [0.2, 0.25) is 0 Å². The minimum Gasteiger partial charge on any atom is -0.468 e. The van der Waals surface area contributed by atoms with Gasteiger partial charge in [0.25, 0.3) is 0 Å². The average molecular weight is 582 g/mol. The molecule has 0 saturated heterocycles. The van der Waals surface area contributed by atoms with E-state index in [4.69, 9.17) is 9.37 Å². The second-order valence-corrected chi connectivity index (χ2v) is 12.3. The molecule has 0 spiro atoms. The van der Waals surface area contributed by atoms with Crippen LogP contribution in [0.4, 0.5) is 5.69 Å². The molecule has 0 amide bonds. The Labute approximate surface area is 241 Å². The fourth-order valence-corrected chi connectivity index (χ4v) is 6.40. The highest BCUT2D eigenvalue weighted by molar-refractivity contribution is 7.89. The fourth-order valence-electron chi connectivity index (χ4n) is 4.77. The molecule has 1 heterocycles. The summed E-state index contributed by atoms with van der Waals surface area (Å²) in [5.74, 6) is -0.286. The summed E-state index contributed by atoms with van der Waals surface area (Å²) in [5.41, 5.74) is 1.27. The van der Waals surface area contributed by atoms with Crippen molar-refractivity contribution in [3.05, 3.63) is 12.1 Å². The summed E-state index contributed by atoms with van der Waals surface area (Å²) in [6, 6.07) is 3.33. The summed E-state index contributed by atoms with van der Waals surface area (Å²) < 4.78 is 39.2. The Balaban J connectivity index is 2.13. The van der Waals surface area contributed by atoms with E-state index >= 15 is 0 Å². The smallest absolute Gasteiger partial charge is 0.319 e. The highest BCUT2D eigenvalue weighted by Crippen LogP contribution is 2.29. The third-order valence-corrected chi connectivity index (χ3v) is 9.22. The molecule has 1 aromatic carbocycles. The van der Waals surface area contributed by atoms with Gasteiger partial charge < -0.3 is 10.1 Å². The molecule has 0 saturated carbocycles. The summed E-state index contributed by atoms with van der Waals surface area (Å²) in [4.78, 5) is 13.7. The summed E-state index contributed by atoms with van der Waals surface area (Å²) in [6.45, 7) is 9.41. The molecule has 0 aliphatic rings. The Bertz CT molecular complexity index is 1080. The van der Waals surface area contributed by atoms with Crippen molar-refractivity contribution in [2.45, 2.75) is 103 Å². The van der Waals surface area contributed by atoms with Crippen molar-refractivity contribution in [3.8, 4) is 0 Å². The fraction of sp³-hybridized carbons (Fsp3) is 0.759. The van der Waals surface area contributed by atoms with E-state index in [1.165, 1.54) is 45.6 Å². The lowest BCUT2D eigenvalue weighted by molar-refractivity contribution is -0.141. The number of likely N-dealkylation sites (N-methyl/N-ethyl adjacent to an activating group) is 1. The van der Waals surface area contributed by atoms with Crippen LogP contribution in [-0.2, 0) is 19.6 Å². The molecule has 0 atom stereocenters. The van der Waals surface area contributed by atoms with Crippen LogP contribution in [0.5, 0.6) is 0 Å². The first-order valence-electron chi connectivity index (χ1n) is 15.2. The Hall–Kier alpha value is -2.24. The molecule has 11 heteroatoms. The number of rotatable bonds is 23. The third kappa shape index (κ3) is 11.0. The predicted molar refractivity (Wildman–Crippen MR) is 160 cm³/mol. The first-order chi connectivity index (χ1) is 19.4. The number of nitrogens with one attached hydrogen (secondary N) is 1. The van der Waals surface area contributed by atoms with E-state index in [0.29, 0.717) is 43.9 Å². The predicted octanol–water partition coefficient (Wildman–Crippen LogP) is 5.84. The number of fused-ring (bicyclic) bond motifs is 1. The average Bonchev–Trinajstić information content (AvgIpc) is 3.45. The molecule has 0 fully saturated rings. The number of sulfonamides is 1. The van der Waals surface area contributed by atoms with Crippen LogP contribution in [0.25, 0.3) is 11.0 Å². The number of nitrogens with zero attached hydrogens (tertiary/aromatic N) is 4. The normalized spacial score (nSPS) is 12.1. The first-order valence-corrected chi connectivity index (χ1v) is 16.6. The van der Waals surface area contributed by atoms with Gasteiger partial charge in [0.1, 0.15) is 4.90 Å². The molecule has 40 heavy (non-hydrogen) atoms. The number of esters is 1. The number of anilines is 1. The van der Waals surface area contributed by atoms with Crippen molar-refractivity contribution in [2.24, 2.45) is 0 Å². The van der Waals surface area contributed by atoms with Crippen molar-refractivity contribution in [1.82, 2.24) is 19.5 Å². The Morgan fingerprint density at radius 3 is 2.00 bits per heavy atom. The van der Waals surface area contributed by atoms with Crippen LogP contribution in [0, 0.1) is 0 Å². The second-order valence-electron chi connectivity index (χ2n) is 10.4. The van der Waals surface area contributed by atoms with Crippen LogP contribution in [0.1, 0.15) is 97.8 Å². The zero-order valence-corrected chi connectivity index (χ0v) is 25.9. The van der Waals surface area contributed by atoms with Crippen molar-refractivity contribution in [1.29, 1.82) is 0 Å². The van der Waals surface area contributed by atoms with Gasteiger partial charge in [-0.15, -0.1) is 0 Å². The van der Waals surface area contributed by atoms with Crippen molar-refractivity contribution < 1.29 is 22.6 Å². The van der Waals surface area contributed by atoms with Gasteiger partial charge in [-0.25, -0.2) is 13.0 Å². The highest BCUT2D eigenvalue weighted by Gasteiger charge is 2.28. The highest BCUT2D eigenvalue weighted by atomic mass is 32.2. The van der Waals surface area contributed by atoms with Gasteiger partial charge in [-0.3, -0.25) is 9.69 Å². The van der Waals surface area contributed by atoms with E-state index in [0.717, 1.165) is 38.5 Å². The van der Waals surface area contributed by atoms with E-state index in [1.54, 1.807) is 16.4 Å². The summed E-state index contributed by atoms with van der Waals surface area (Å²) in [5, 5.41) is 11.3. The van der Waals surface area contributed by atoms with Crippen LogP contribution in [-0.4, -0.2) is 80.3 Å². The van der Waals surface area contributed by atoms with E-state index in [1.807, 2.05) is 11.8 Å². The lowest BCUT2D eigenvalue weighted by atomic mass is 10.1. The Kier molecular flexibility index (Phi) is 16.1. The molecule has 1 aromatic heterocycles. The van der Waals surface area contributed by atoms with Gasteiger partial charge in [-0.2, -0.15) is 4.31 Å². The van der Waals surface area contributed by atoms with E-state index < -0.39 is 10.0 Å². The first kappa shape index (κ1) is 34.0. The summed E-state index contributed by atoms with van der Waals surface area (Å²) >= 11 is 0. The van der Waals surface area contributed by atoms with Gasteiger partial charge in [-0.05, 0) is 41.8 Å². The maximum atomic E-state index is 13.9. The van der Waals surface area contributed by atoms with Gasteiger partial charge in [0, 0.05) is 26.2 Å². The SMILES string of the molecule is CCCCCCCCN(CCCCCCCC)S(=O)(=O)c1ccc(NCCN(CC)CC(=O)OC)c2nonc12. The molecule has 0 aliphatic carbocycles. The Morgan fingerprint density at radius 2 is 1.43 bits per heavy atom. The molecule has 2 aromatic rings. The van der Waals surface area contributed by atoms with Crippen LogP contribution in [0.15, 0.2) is 21.7 Å². The molecular formula is C29H51N5O5S. The van der Waals surface area contributed by atoms with Crippen molar-refractivity contribution in [3.63, 3.8) is 0 Å². The number of methoxy groups -OCH3 is 1. The lowest BCUT2D eigenvalue weighted by Crippen LogP contribution is -2.34. The molecule has 0 unspecified atom stereocenters. The molecule has 1 N–H and O–H groups in total. The minimum absolute atomic E-state index is 0.132. The zero-order valence-electron chi connectivity index (χ0n) is 25.1. The van der Waals surface area contributed by atoms with Crippen molar-refractivity contribution >= 4 is 32.7 Å². The number of benzene rings is 1. The molecule has 0 radical (unpaired) electrons. The van der Waals surface area contributed by atoms with Gasteiger partial charge in [0.2, 0.25) is 10.0 Å². The summed E-state index contributed by atoms with van der Waals surface area (Å²) in [6.07, 6.45) is 13.2. The van der Waals surface area contributed by atoms with E-state index in [-0.39, 0.29) is 22.9 Å². The van der Waals surface area contributed by atoms with Crippen LogP contribution < -0.4 is 5.32 Å². The van der Waals surface area contributed by atoms with Gasteiger partial charge in [0.15, 0.2) is 11.0 Å².